The second-order valence-electron chi connectivity index (χ2n) is 5.55. The minimum Gasteiger partial charge on any atom is -0.484 e. The van der Waals surface area contributed by atoms with Gasteiger partial charge in [0.2, 0.25) is 0 Å². The highest BCUT2D eigenvalue weighted by molar-refractivity contribution is 6.30. The van der Waals surface area contributed by atoms with E-state index in [9.17, 15) is 9.18 Å². The van der Waals surface area contributed by atoms with Crippen molar-refractivity contribution in [1.29, 1.82) is 0 Å². The number of rotatable bonds is 6. The molecule has 0 fully saturated rings. The van der Waals surface area contributed by atoms with Gasteiger partial charge >= 0.3 is 0 Å². The molecule has 7 heteroatoms. The zero-order valence-electron chi connectivity index (χ0n) is 13.2. The molecule has 1 N–H and O–H groups in total. The first-order chi connectivity index (χ1) is 10.9. The van der Waals surface area contributed by atoms with Gasteiger partial charge in [-0.25, -0.2) is 9.37 Å². The number of ether oxygens (including phenoxy) is 1. The van der Waals surface area contributed by atoms with Gasteiger partial charge in [-0.1, -0.05) is 25.4 Å². The van der Waals surface area contributed by atoms with Gasteiger partial charge in [0.1, 0.15) is 17.4 Å². The molecule has 124 valence electrons. The van der Waals surface area contributed by atoms with E-state index >= 15 is 0 Å². The number of carbonyl (C=O) groups is 1. The van der Waals surface area contributed by atoms with Crippen LogP contribution in [0.5, 0.6) is 5.75 Å². The van der Waals surface area contributed by atoms with Crippen molar-refractivity contribution in [2.75, 3.05) is 6.61 Å². The Morgan fingerprint density at radius 1 is 1.48 bits per heavy atom. The number of nitrogens with one attached hydrogen (secondary N) is 1. The number of imidazole rings is 1. The third-order valence-electron chi connectivity index (χ3n) is 3.38. The number of hydrogen-bond acceptors (Lipinski definition) is 3. The highest BCUT2D eigenvalue weighted by Crippen LogP contribution is 2.22. The van der Waals surface area contributed by atoms with E-state index in [2.05, 4.69) is 10.3 Å². The summed E-state index contributed by atoms with van der Waals surface area (Å²) in [6.45, 7) is 3.82. The van der Waals surface area contributed by atoms with Crippen LogP contribution >= 0.6 is 11.6 Å². The summed E-state index contributed by atoms with van der Waals surface area (Å²) in [4.78, 5) is 16.4. The van der Waals surface area contributed by atoms with Gasteiger partial charge in [-0.3, -0.25) is 4.79 Å². The van der Waals surface area contributed by atoms with Crippen LogP contribution in [0, 0.1) is 11.7 Å². The molecule has 0 aliphatic rings. The van der Waals surface area contributed by atoms with Crippen molar-refractivity contribution in [2.45, 2.75) is 19.9 Å². The highest BCUT2D eigenvalue weighted by Gasteiger charge is 2.22. The molecule has 2 aromatic rings. The lowest BCUT2D eigenvalue weighted by atomic mass is 10.0. The molecule has 1 aromatic heterocycles. The third kappa shape index (κ3) is 4.45. The number of benzene rings is 1. The van der Waals surface area contributed by atoms with Crippen molar-refractivity contribution in [3.63, 3.8) is 0 Å². The maximum Gasteiger partial charge on any atom is 0.258 e. The van der Waals surface area contributed by atoms with E-state index in [-0.39, 0.29) is 29.5 Å². The van der Waals surface area contributed by atoms with Gasteiger partial charge in [0.15, 0.2) is 6.61 Å². The molecule has 1 unspecified atom stereocenters. The fourth-order valence-electron chi connectivity index (χ4n) is 2.14. The Balaban J connectivity index is 1.97. The number of aromatic nitrogens is 2. The molecular weight excluding hydrogens is 321 g/mol. The summed E-state index contributed by atoms with van der Waals surface area (Å²) >= 11 is 5.67. The normalized spacial score (nSPS) is 12.3. The van der Waals surface area contributed by atoms with Gasteiger partial charge in [0.05, 0.1) is 11.1 Å². The summed E-state index contributed by atoms with van der Waals surface area (Å²) in [5, 5.41) is 2.86. The molecule has 5 nitrogen and oxygen atoms in total. The predicted octanol–water partition coefficient (Wildman–Crippen LogP) is 3.10. The van der Waals surface area contributed by atoms with E-state index in [0.717, 1.165) is 5.82 Å². The van der Waals surface area contributed by atoms with Gasteiger partial charge in [-0.2, -0.15) is 0 Å². The van der Waals surface area contributed by atoms with Crippen LogP contribution in [0.1, 0.15) is 25.7 Å². The van der Waals surface area contributed by atoms with Crippen LogP contribution in [0.2, 0.25) is 5.02 Å². The van der Waals surface area contributed by atoms with Gasteiger partial charge in [0, 0.05) is 25.5 Å². The zero-order chi connectivity index (χ0) is 17.0. The van der Waals surface area contributed by atoms with E-state index in [1.54, 1.807) is 6.20 Å². The van der Waals surface area contributed by atoms with Crippen molar-refractivity contribution >= 4 is 17.5 Å². The van der Waals surface area contributed by atoms with Crippen LogP contribution in [0.4, 0.5) is 4.39 Å². The van der Waals surface area contributed by atoms with Crippen molar-refractivity contribution in [2.24, 2.45) is 13.0 Å². The Morgan fingerprint density at radius 3 is 2.78 bits per heavy atom. The van der Waals surface area contributed by atoms with E-state index in [0.29, 0.717) is 5.75 Å². The second-order valence-corrected chi connectivity index (χ2v) is 5.96. The molecule has 1 heterocycles. The van der Waals surface area contributed by atoms with Crippen LogP contribution in [0.25, 0.3) is 0 Å². The maximum absolute atomic E-state index is 13.1. The average Bonchev–Trinajstić information content (AvgIpc) is 2.91. The number of hydrogen-bond donors (Lipinski definition) is 1. The molecule has 1 amide bonds. The first-order valence-corrected chi connectivity index (χ1v) is 7.60. The fraction of sp³-hybridized carbons (Fsp3) is 0.375. The van der Waals surface area contributed by atoms with Crippen molar-refractivity contribution < 1.29 is 13.9 Å². The summed E-state index contributed by atoms with van der Waals surface area (Å²) in [6, 6.07) is 3.74. The Kier molecular flexibility index (Phi) is 5.60. The third-order valence-corrected chi connectivity index (χ3v) is 3.67. The van der Waals surface area contributed by atoms with E-state index in [4.69, 9.17) is 16.3 Å². The molecular formula is C16H19ClFN3O2. The molecule has 0 spiro atoms. The van der Waals surface area contributed by atoms with Crippen molar-refractivity contribution in [3.8, 4) is 5.75 Å². The fourth-order valence-corrected chi connectivity index (χ4v) is 2.31. The van der Waals surface area contributed by atoms with Crippen molar-refractivity contribution in [3.05, 3.63) is 47.3 Å². The molecule has 0 saturated heterocycles. The molecule has 0 bridgehead atoms. The smallest absolute Gasteiger partial charge is 0.258 e. The molecule has 0 aliphatic carbocycles. The Hall–Kier alpha value is -2.08. The molecule has 1 atom stereocenters. The number of carbonyl (C=O) groups excluding carboxylic acids is 1. The van der Waals surface area contributed by atoms with E-state index in [1.165, 1.54) is 18.2 Å². The molecule has 2 rings (SSSR count). The number of nitrogens with zero attached hydrogens (tertiary/aromatic N) is 2. The van der Waals surface area contributed by atoms with Crippen LogP contribution in [-0.2, 0) is 11.8 Å². The Morgan fingerprint density at radius 2 is 2.22 bits per heavy atom. The summed E-state index contributed by atoms with van der Waals surface area (Å²) in [6.07, 6.45) is 3.52. The quantitative estimate of drug-likeness (QED) is 0.879. The average molecular weight is 340 g/mol. The van der Waals surface area contributed by atoms with Crippen molar-refractivity contribution in [1.82, 2.24) is 14.9 Å². The molecule has 0 radical (unpaired) electrons. The van der Waals surface area contributed by atoms with Crippen LogP contribution in [-0.4, -0.2) is 22.1 Å². The second kappa shape index (κ2) is 7.46. The number of aryl methyl sites for hydroxylation is 1. The van der Waals surface area contributed by atoms with E-state index in [1.807, 2.05) is 31.7 Å². The van der Waals surface area contributed by atoms with Crippen LogP contribution in [0.15, 0.2) is 30.6 Å². The lowest BCUT2D eigenvalue weighted by Crippen LogP contribution is -2.36. The summed E-state index contributed by atoms with van der Waals surface area (Å²) in [5.74, 6) is 0.466. The molecule has 1 aromatic carbocycles. The summed E-state index contributed by atoms with van der Waals surface area (Å²) in [7, 11) is 1.88. The Bertz CT molecular complexity index is 688. The first kappa shape index (κ1) is 17.3. The van der Waals surface area contributed by atoms with Gasteiger partial charge < -0.3 is 14.6 Å². The zero-order valence-corrected chi connectivity index (χ0v) is 14.0. The van der Waals surface area contributed by atoms with Gasteiger partial charge in [-0.15, -0.1) is 0 Å². The summed E-state index contributed by atoms with van der Waals surface area (Å²) < 4.78 is 20.3. The number of amides is 1. The maximum atomic E-state index is 13.1. The number of halogens is 2. The summed E-state index contributed by atoms with van der Waals surface area (Å²) in [5.41, 5.74) is 0. The lowest BCUT2D eigenvalue weighted by Gasteiger charge is -2.22. The van der Waals surface area contributed by atoms with Gasteiger partial charge in [-0.05, 0) is 18.1 Å². The predicted molar refractivity (Wildman–Crippen MR) is 85.8 cm³/mol. The van der Waals surface area contributed by atoms with Gasteiger partial charge in [0.25, 0.3) is 5.91 Å². The standard InChI is InChI=1S/C16H19ClFN3O2/c1-10(2)15(16-19-6-7-21(16)3)20-14(22)9-23-11-4-5-13(18)12(17)8-11/h4-8,10,15H,9H2,1-3H3,(H,20,22). The monoisotopic (exact) mass is 339 g/mol. The lowest BCUT2D eigenvalue weighted by molar-refractivity contribution is -0.124. The molecule has 23 heavy (non-hydrogen) atoms. The van der Waals surface area contributed by atoms with E-state index < -0.39 is 5.82 Å². The first-order valence-electron chi connectivity index (χ1n) is 7.23. The molecule has 0 aliphatic heterocycles. The minimum atomic E-state index is -0.530. The SMILES string of the molecule is CC(C)C(NC(=O)COc1ccc(F)c(Cl)c1)c1nccn1C. The highest BCUT2D eigenvalue weighted by atomic mass is 35.5. The Labute approximate surface area is 139 Å². The molecule has 0 saturated carbocycles. The minimum absolute atomic E-state index is 0.0454. The topological polar surface area (TPSA) is 56.1 Å². The van der Waals surface area contributed by atoms with Crippen LogP contribution < -0.4 is 10.1 Å². The van der Waals surface area contributed by atoms with Crippen LogP contribution in [0.3, 0.4) is 0 Å². The largest absolute Gasteiger partial charge is 0.484 e.